The second-order valence-electron chi connectivity index (χ2n) is 6.49. The predicted octanol–water partition coefficient (Wildman–Crippen LogP) is 0.0608. The van der Waals surface area contributed by atoms with E-state index in [1.807, 2.05) is 19.1 Å². The van der Waals surface area contributed by atoms with Crippen LogP contribution in [-0.4, -0.2) is 57.8 Å². The quantitative estimate of drug-likeness (QED) is 0.694. The summed E-state index contributed by atoms with van der Waals surface area (Å²) < 4.78 is 4.97. The first-order valence-corrected chi connectivity index (χ1v) is 8.51. The summed E-state index contributed by atoms with van der Waals surface area (Å²) in [6.45, 7) is 10.3. The minimum absolute atomic E-state index is 0.0677. The summed E-state index contributed by atoms with van der Waals surface area (Å²) in [4.78, 5) is 14.6. The van der Waals surface area contributed by atoms with Gasteiger partial charge >= 0.3 is 0 Å². The summed E-state index contributed by atoms with van der Waals surface area (Å²) in [5.74, 6) is 0.613. The fraction of sp³-hybridized carbons (Fsp3) is 0.526. The van der Waals surface area contributed by atoms with Crippen LogP contribution in [0.25, 0.3) is 12.8 Å². The van der Waals surface area contributed by atoms with Crippen molar-refractivity contribution in [2.24, 2.45) is 5.92 Å². The summed E-state index contributed by atoms with van der Waals surface area (Å²) in [6, 6.07) is 3.76. The average molecular weight is 331 g/mol. The van der Waals surface area contributed by atoms with E-state index in [0.29, 0.717) is 24.6 Å². The molecule has 0 aromatic heterocycles. The lowest BCUT2D eigenvalue weighted by atomic mass is 10.0. The first-order chi connectivity index (χ1) is 11.5. The number of benzene rings is 1. The monoisotopic (exact) mass is 331 g/mol. The molecule has 0 aliphatic carbocycles. The minimum Gasteiger partial charge on any atom is -0.383 e. The van der Waals surface area contributed by atoms with Crippen molar-refractivity contribution < 1.29 is 9.53 Å². The third-order valence-electron chi connectivity index (χ3n) is 4.50. The Bertz CT molecular complexity index is 666. The molecule has 2 N–H and O–H groups in total. The van der Waals surface area contributed by atoms with Gasteiger partial charge in [0.2, 0.25) is 0 Å². The van der Waals surface area contributed by atoms with E-state index in [2.05, 4.69) is 35.4 Å². The highest BCUT2D eigenvalue weighted by molar-refractivity contribution is 5.95. The number of nitrogens with zero attached hydrogens (tertiary/aromatic N) is 1. The van der Waals surface area contributed by atoms with Gasteiger partial charge in [-0.3, -0.25) is 4.79 Å². The SMILES string of the molecule is C=c1ccc(C(=O)NCCOC)c(C)/c1=C/N(C)CC1CCNC1. The van der Waals surface area contributed by atoms with Gasteiger partial charge in [0.25, 0.3) is 5.91 Å². The van der Waals surface area contributed by atoms with E-state index in [0.717, 1.165) is 35.6 Å². The van der Waals surface area contributed by atoms with Gasteiger partial charge in [-0.15, -0.1) is 0 Å². The molecule has 24 heavy (non-hydrogen) atoms. The smallest absolute Gasteiger partial charge is 0.251 e. The molecule has 5 heteroatoms. The van der Waals surface area contributed by atoms with Crippen molar-refractivity contribution in [1.82, 2.24) is 15.5 Å². The molecule has 1 aromatic rings. The number of hydrogen-bond donors (Lipinski definition) is 2. The Morgan fingerprint density at radius 3 is 3.00 bits per heavy atom. The van der Waals surface area contributed by atoms with Crippen LogP contribution in [0.3, 0.4) is 0 Å². The molecule has 0 saturated carbocycles. The second-order valence-corrected chi connectivity index (χ2v) is 6.49. The van der Waals surface area contributed by atoms with Crippen LogP contribution in [0.5, 0.6) is 0 Å². The number of nitrogens with one attached hydrogen (secondary N) is 2. The van der Waals surface area contributed by atoms with Crippen molar-refractivity contribution >= 4 is 18.7 Å². The van der Waals surface area contributed by atoms with E-state index in [9.17, 15) is 4.79 Å². The van der Waals surface area contributed by atoms with E-state index in [4.69, 9.17) is 4.74 Å². The fourth-order valence-corrected chi connectivity index (χ4v) is 3.12. The van der Waals surface area contributed by atoms with E-state index in [-0.39, 0.29) is 5.91 Å². The Morgan fingerprint density at radius 2 is 2.33 bits per heavy atom. The number of methoxy groups -OCH3 is 1. The van der Waals surface area contributed by atoms with Gasteiger partial charge in [-0.05, 0) is 49.2 Å². The Kier molecular flexibility index (Phi) is 6.82. The molecule has 132 valence electrons. The van der Waals surface area contributed by atoms with Crippen LogP contribution in [0.15, 0.2) is 12.1 Å². The zero-order valence-electron chi connectivity index (χ0n) is 15.0. The highest BCUT2D eigenvalue weighted by Gasteiger charge is 2.15. The normalized spacial score (nSPS) is 18.0. The number of carbonyl (C=O) groups excluding carboxylic acids is 1. The van der Waals surface area contributed by atoms with Crippen LogP contribution in [-0.2, 0) is 4.74 Å². The molecule has 1 unspecified atom stereocenters. The van der Waals surface area contributed by atoms with Crippen molar-refractivity contribution in [1.29, 1.82) is 0 Å². The lowest BCUT2D eigenvalue weighted by Crippen LogP contribution is -2.35. The summed E-state index contributed by atoms with van der Waals surface area (Å²) in [5, 5.41) is 8.25. The Balaban J connectivity index is 2.19. The predicted molar refractivity (Wildman–Crippen MR) is 98.2 cm³/mol. The maximum atomic E-state index is 12.3. The molecule has 1 atom stereocenters. The molecule has 0 radical (unpaired) electrons. The van der Waals surface area contributed by atoms with Crippen LogP contribution in [0.1, 0.15) is 22.3 Å². The molecule has 1 fully saturated rings. The van der Waals surface area contributed by atoms with E-state index < -0.39 is 0 Å². The molecule has 1 saturated heterocycles. The Morgan fingerprint density at radius 1 is 1.54 bits per heavy atom. The van der Waals surface area contributed by atoms with Crippen LogP contribution in [0.2, 0.25) is 0 Å². The van der Waals surface area contributed by atoms with Crippen molar-refractivity contribution in [2.75, 3.05) is 46.9 Å². The molecular weight excluding hydrogens is 302 g/mol. The number of amides is 1. The van der Waals surface area contributed by atoms with Gasteiger partial charge in [0.1, 0.15) is 0 Å². The molecule has 2 rings (SSSR count). The van der Waals surface area contributed by atoms with Gasteiger partial charge in [0, 0.05) is 44.2 Å². The second kappa shape index (κ2) is 8.85. The fourth-order valence-electron chi connectivity index (χ4n) is 3.12. The van der Waals surface area contributed by atoms with E-state index in [1.165, 1.54) is 6.42 Å². The highest BCUT2D eigenvalue weighted by atomic mass is 16.5. The number of rotatable bonds is 7. The lowest BCUT2D eigenvalue weighted by molar-refractivity contribution is 0.0936. The molecule has 1 aromatic carbocycles. The van der Waals surface area contributed by atoms with Gasteiger partial charge in [-0.1, -0.05) is 12.6 Å². The molecule has 1 aliphatic heterocycles. The Labute approximate surface area is 144 Å². The molecule has 0 spiro atoms. The molecule has 1 aliphatic rings. The van der Waals surface area contributed by atoms with Gasteiger partial charge in [-0.2, -0.15) is 0 Å². The van der Waals surface area contributed by atoms with Crippen molar-refractivity contribution in [2.45, 2.75) is 13.3 Å². The third kappa shape index (κ3) is 4.82. The van der Waals surface area contributed by atoms with Gasteiger partial charge in [0.15, 0.2) is 0 Å². The summed E-state index contributed by atoms with van der Waals surface area (Å²) >= 11 is 0. The highest BCUT2D eigenvalue weighted by Crippen LogP contribution is 2.09. The molecule has 0 bridgehead atoms. The number of hydrogen-bond acceptors (Lipinski definition) is 4. The molecule has 1 amide bonds. The minimum atomic E-state index is -0.0677. The van der Waals surface area contributed by atoms with E-state index in [1.54, 1.807) is 7.11 Å². The average Bonchev–Trinajstić information content (AvgIpc) is 3.04. The standard InChI is InChI=1S/C19H29N3O2/c1-14-5-6-17(19(23)21-9-10-24-4)15(2)18(14)13-22(3)12-16-7-8-20-11-16/h5-6,13,16,20H,1,7-12H2,2-4H3,(H,21,23)/b18-13+. The zero-order valence-corrected chi connectivity index (χ0v) is 15.0. The number of carbonyl (C=O) groups is 1. The Hall–Kier alpha value is -1.85. The van der Waals surface area contributed by atoms with Crippen molar-refractivity contribution in [3.63, 3.8) is 0 Å². The maximum absolute atomic E-state index is 12.3. The summed E-state index contributed by atoms with van der Waals surface area (Å²) in [5.41, 5.74) is 1.66. The van der Waals surface area contributed by atoms with Crippen LogP contribution in [0.4, 0.5) is 0 Å². The third-order valence-corrected chi connectivity index (χ3v) is 4.50. The van der Waals surface area contributed by atoms with Crippen molar-refractivity contribution in [3.05, 3.63) is 33.7 Å². The lowest BCUT2D eigenvalue weighted by Gasteiger charge is -2.19. The van der Waals surface area contributed by atoms with Crippen LogP contribution in [0, 0.1) is 12.8 Å². The number of ether oxygens (including phenoxy) is 1. The molecule has 5 nitrogen and oxygen atoms in total. The topological polar surface area (TPSA) is 53.6 Å². The summed E-state index contributed by atoms with van der Waals surface area (Å²) in [7, 11) is 3.71. The van der Waals surface area contributed by atoms with E-state index >= 15 is 0 Å². The first-order valence-electron chi connectivity index (χ1n) is 8.51. The largest absolute Gasteiger partial charge is 0.383 e. The summed E-state index contributed by atoms with van der Waals surface area (Å²) in [6.07, 6.45) is 3.33. The van der Waals surface area contributed by atoms with Crippen molar-refractivity contribution in [3.8, 4) is 0 Å². The van der Waals surface area contributed by atoms with Gasteiger partial charge < -0.3 is 20.3 Å². The first kappa shape index (κ1) is 18.5. The molecule has 1 heterocycles. The zero-order chi connectivity index (χ0) is 17.5. The van der Waals surface area contributed by atoms with Crippen LogP contribution < -0.4 is 21.1 Å². The van der Waals surface area contributed by atoms with Gasteiger partial charge in [0.05, 0.1) is 6.61 Å². The maximum Gasteiger partial charge on any atom is 0.251 e. The van der Waals surface area contributed by atoms with Crippen LogP contribution >= 0.6 is 0 Å². The molecular formula is C19H29N3O2. The van der Waals surface area contributed by atoms with Gasteiger partial charge in [-0.25, -0.2) is 0 Å².